The fourth-order valence-corrected chi connectivity index (χ4v) is 2.63. The second-order valence-corrected chi connectivity index (χ2v) is 6.19. The molecule has 0 bridgehead atoms. The average Bonchev–Trinajstić information content (AvgIpc) is 2.64. The summed E-state index contributed by atoms with van der Waals surface area (Å²) in [6, 6.07) is 13.5. The summed E-state index contributed by atoms with van der Waals surface area (Å²) in [5, 5.41) is 2.95. The van der Waals surface area contributed by atoms with Crippen LogP contribution in [0, 0.1) is 20.8 Å². The van der Waals surface area contributed by atoms with Crippen LogP contribution in [0.25, 0.3) is 11.4 Å². The van der Waals surface area contributed by atoms with Gasteiger partial charge in [0.2, 0.25) is 0 Å². The third-order valence-electron chi connectivity index (χ3n) is 4.21. The van der Waals surface area contributed by atoms with E-state index in [2.05, 4.69) is 15.3 Å². The quantitative estimate of drug-likeness (QED) is 0.763. The molecule has 0 fully saturated rings. The number of amides is 1. The number of ether oxygens (including phenoxy) is 1. The zero-order chi connectivity index (χ0) is 18.7. The highest BCUT2D eigenvalue weighted by atomic mass is 16.5. The number of hydrogen-bond acceptors (Lipinski definition) is 4. The van der Waals surface area contributed by atoms with Crippen LogP contribution in [0.5, 0.6) is 5.75 Å². The smallest absolute Gasteiger partial charge is 0.259 e. The van der Waals surface area contributed by atoms with Gasteiger partial charge in [0.15, 0.2) is 5.82 Å². The van der Waals surface area contributed by atoms with Gasteiger partial charge in [-0.25, -0.2) is 9.97 Å². The number of benzene rings is 2. The van der Waals surface area contributed by atoms with E-state index < -0.39 is 0 Å². The van der Waals surface area contributed by atoms with E-state index in [4.69, 9.17) is 4.74 Å². The molecule has 2 aromatic carbocycles. The van der Waals surface area contributed by atoms with E-state index in [-0.39, 0.29) is 5.91 Å². The van der Waals surface area contributed by atoms with Crippen molar-refractivity contribution >= 4 is 11.6 Å². The van der Waals surface area contributed by atoms with Crippen LogP contribution in [0.1, 0.15) is 27.2 Å². The Labute approximate surface area is 153 Å². The van der Waals surface area contributed by atoms with Gasteiger partial charge in [0.25, 0.3) is 5.91 Å². The van der Waals surface area contributed by atoms with E-state index in [9.17, 15) is 4.79 Å². The van der Waals surface area contributed by atoms with E-state index in [0.717, 1.165) is 28.1 Å². The van der Waals surface area contributed by atoms with Crippen molar-refractivity contribution in [2.45, 2.75) is 20.8 Å². The molecule has 5 nitrogen and oxygen atoms in total. The Morgan fingerprint density at radius 3 is 2.42 bits per heavy atom. The van der Waals surface area contributed by atoms with Crippen LogP contribution in [0.3, 0.4) is 0 Å². The molecule has 1 N–H and O–H groups in total. The first-order chi connectivity index (χ1) is 12.5. The molecule has 3 rings (SSSR count). The zero-order valence-electron chi connectivity index (χ0n) is 15.3. The monoisotopic (exact) mass is 347 g/mol. The number of carbonyl (C=O) groups is 1. The first-order valence-electron chi connectivity index (χ1n) is 8.34. The van der Waals surface area contributed by atoms with Gasteiger partial charge in [-0.05, 0) is 62.2 Å². The van der Waals surface area contributed by atoms with Gasteiger partial charge >= 0.3 is 0 Å². The van der Waals surface area contributed by atoms with Crippen molar-refractivity contribution in [2.75, 3.05) is 12.4 Å². The number of hydrogen-bond donors (Lipinski definition) is 1. The topological polar surface area (TPSA) is 64.1 Å². The summed E-state index contributed by atoms with van der Waals surface area (Å²) in [5.74, 6) is 1.14. The lowest BCUT2D eigenvalue weighted by atomic mass is 10.1. The SMILES string of the molecule is COc1ccc(-c2ncc(C(=O)Nc3cc(C)ccc3C)c(C)n2)cc1. The summed E-state index contributed by atoms with van der Waals surface area (Å²) in [7, 11) is 1.62. The van der Waals surface area contributed by atoms with Gasteiger partial charge < -0.3 is 10.1 Å². The number of aryl methyl sites for hydroxylation is 3. The van der Waals surface area contributed by atoms with Gasteiger partial charge in [-0.2, -0.15) is 0 Å². The van der Waals surface area contributed by atoms with Gasteiger partial charge in [-0.3, -0.25) is 4.79 Å². The predicted molar refractivity (Wildman–Crippen MR) is 103 cm³/mol. The Morgan fingerprint density at radius 2 is 1.77 bits per heavy atom. The van der Waals surface area contributed by atoms with Crippen LogP contribution >= 0.6 is 0 Å². The molecule has 0 saturated heterocycles. The minimum atomic E-state index is -0.211. The van der Waals surface area contributed by atoms with Crippen LogP contribution < -0.4 is 10.1 Å². The Kier molecular flexibility index (Phi) is 4.98. The van der Waals surface area contributed by atoms with Crippen molar-refractivity contribution in [3.05, 3.63) is 71.0 Å². The molecule has 132 valence electrons. The molecule has 5 heteroatoms. The number of carbonyl (C=O) groups excluding carboxylic acids is 1. The highest BCUT2D eigenvalue weighted by Crippen LogP contribution is 2.21. The molecular formula is C21H21N3O2. The molecule has 26 heavy (non-hydrogen) atoms. The molecule has 0 radical (unpaired) electrons. The van der Waals surface area contributed by atoms with Crippen LogP contribution in [0.4, 0.5) is 5.69 Å². The van der Waals surface area contributed by atoms with E-state index in [1.807, 2.05) is 63.2 Å². The fraction of sp³-hybridized carbons (Fsp3) is 0.190. The predicted octanol–water partition coefficient (Wildman–Crippen LogP) is 4.33. The lowest BCUT2D eigenvalue weighted by molar-refractivity contribution is 0.102. The number of nitrogens with one attached hydrogen (secondary N) is 1. The van der Waals surface area contributed by atoms with Crippen molar-refractivity contribution in [1.82, 2.24) is 9.97 Å². The van der Waals surface area contributed by atoms with Crippen molar-refractivity contribution in [2.24, 2.45) is 0 Å². The Bertz CT molecular complexity index is 950. The number of rotatable bonds is 4. The van der Waals surface area contributed by atoms with Crippen LogP contribution in [0.2, 0.25) is 0 Å². The molecular weight excluding hydrogens is 326 g/mol. The normalized spacial score (nSPS) is 10.5. The lowest BCUT2D eigenvalue weighted by Crippen LogP contribution is -2.15. The average molecular weight is 347 g/mol. The standard InChI is InChI=1S/C21H21N3O2/c1-13-5-6-14(2)19(11-13)24-21(25)18-12-22-20(23-15(18)3)16-7-9-17(26-4)10-8-16/h5-12H,1-4H3,(H,24,25). The van der Waals surface area contributed by atoms with Gasteiger partial charge in [-0.1, -0.05) is 12.1 Å². The van der Waals surface area contributed by atoms with E-state index in [1.54, 1.807) is 13.3 Å². The van der Waals surface area contributed by atoms with Gasteiger partial charge in [0.05, 0.1) is 18.4 Å². The van der Waals surface area contributed by atoms with Gasteiger partial charge in [0, 0.05) is 17.4 Å². The second kappa shape index (κ2) is 7.35. The molecule has 1 heterocycles. The number of methoxy groups -OCH3 is 1. The van der Waals surface area contributed by atoms with E-state index in [1.165, 1.54) is 0 Å². The molecule has 0 atom stereocenters. The van der Waals surface area contributed by atoms with Crippen molar-refractivity contribution in [3.8, 4) is 17.1 Å². The first kappa shape index (κ1) is 17.6. The summed E-state index contributed by atoms with van der Waals surface area (Å²) >= 11 is 0. The lowest BCUT2D eigenvalue weighted by Gasteiger charge is -2.11. The van der Waals surface area contributed by atoms with E-state index in [0.29, 0.717) is 17.1 Å². The van der Waals surface area contributed by atoms with Crippen molar-refractivity contribution < 1.29 is 9.53 Å². The third-order valence-corrected chi connectivity index (χ3v) is 4.21. The molecule has 0 spiro atoms. The summed E-state index contributed by atoms with van der Waals surface area (Å²) in [4.78, 5) is 21.5. The Hall–Kier alpha value is -3.21. The number of anilines is 1. The van der Waals surface area contributed by atoms with Crippen molar-refractivity contribution in [1.29, 1.82) is 0 Å². The first-order valence-corrected chi connectivity index (χ1v) is 8.34. The maximum atomic E-state index is 12.6. The third kappa shape index (κ3) is 3.72. The largest absolute Gasteiger partial charge is 0.497 e. The van der Waals surface area contributed by atoms with Crippen LogP contribution in [-0.2, 0) is 0 Å². The maximum Gasteiger partial charge on any atom is 0.259 e. The minimum absolute atomic E-state index is 0.211. The van der Waals surface area contributed by atoms with Crippen LogP contribution in [0.15, 0.2) is 48.7 Å². The summed E-state index contributed by atoms with van der Waals surface area (Å²) in [6.07, 6.45) is 1.57. The molecule has 1 amide bonds. The molecule has 0 aliphatic rings. The Morgan fingerprint density at radius 1 is 1.04 bits per heavy atom. The number of nitrogens with zero attached hydrogens (tertiary/aromatic N) is 2. The summed E-state index contributed by atoms with van der Waals surface area (Å²) in [6.45, 7) is 5.77. The highest BCUT2D eigenvalue weighted by Gasteiger charge is 2.14. The minimum Gasteiger partial charge on any atom is -0.497 e. The highest BCUT2D eigenvalue weighted by molar-refractivity contribution is 6.05. The number of aromatic nitrogens is 2. The second-order valence-electron chi connectivity index (χ2n) is 6.19. The summed E-state index contributed by atoms with van der Waals surface area (Å²) < 4.78 is 5.16. The Balaban J connectivity index is 1.84. The molecule has 0 aliphatic carbocycles. The van der Waals surface area contributed by atoms with Crippen molar-refractivity contribution in [3.63, 3.8) is 0 Å². The summed E-state index contributed by atoms with van der Waals surface area (Å²) in [5.41, 5.74) is 4.87. The molecule has 1 aromatic heterocycles. The fourth-order valence-electron chi connectivity index (χ4n) is 2.63. The van der Waals surface area contributed by atoms with Gasteiger partial charge in [-0.15, -0.1) is 0 Å². The molecule has 0 saturated carbocycles. The van der Waals surface area contributed by atoms with Gasteiger partial charge in [0.1, 0.15) is 5.75 Å². The molecule has 0 aliphatic heterocycles. The zero-order valence-corrected chi connectivity index (χ0v) is 15.3. The van der Waals surface area contributed by atoms with E-state index >= 15 is 0 Å². The van der Waals surface area contributed by atoms with Crippen LogP contribution in [-0.4, -0.2) is 23.0 Å². The molecule has 3 aromatic rings. The molecule has 0 unspecified atom stereocenters. The maximum absolute atomic E-state index is 12.6.